The van der Waals surface area contributed by atoms with E-state index in [1.54, 1.807) is 32.0 Å². The zero-order valence-electron chi connectivity index (χ0n) is 15.6. The summed E-state index contributed by atoms with van der Waals surface area (Å²) < 4.78 is 38.2. The van der Waals surface area contributed by atoms with E-state index in [2.05, 4.69) is 4.72 Å². The van der Waals surface area contributed by atoms with Crippen molar-refractivity contribution in [3.8, 4) is 5.75 Å². The van der Waals surface area contributed by atoms with Gasteiger partial charge in [0, 0.05) is 17.5 Å². The fourth-order valence-electron chi connectivity index (χ4n) is 2.88. The Morgan fingerprint density at radius 2 is 2.00 bits per heavy atom. The Bertz CT molecular complexity index is 1120. The number of esters is 1. The SMILES string of the molecule is CCOC(=O)c1oc2ccc(S(=O)(=O)NCCc3cccc(O)c3)cc2c1C. The van der Waals surface area contributed by atoms with E-state index >= 15 is 0 Å². The average Bonchev–Trinajstić information content (AvgIpc) is 2.98. The molecule has 0 aliphatic rings. The van der Waals surface area contributed by atoms with E-state index in [1.165, 1.54) is 18.2 Å². The predicted molar refractivity (Wildman–Crippen MR) is 104 cm³/mol. The van der Waals surface area contributed by atoms with Crippen molar-refractivity contribution in [1.29, 1.82) is 0 Å². The molecule has 0 amide bonds. The number of aryl methyl sites for hydroxylation is 1. The Balaban J connectivity index is 1.79. The minimum absolute atomic E-state index is 0.0724. The summed E-state index contributed by atoms with van der Waals surface area (Å²) in [7, 11) is -3.74. The van der Waals surface area contributed by atoms with Gasteiger partial charge in [-0.1, -0.05) is 12.1 Å². The summed E-state index contributed by atoms with van der Waals surface area (Å²) in [6.45, 7) is 3.78. The quantitative estimate of drug-likeness (QED) is 0.587. The Kier molecular flexibility index (Phi) is 5.71. The van der Waals surface area contributed by atoms with Crippen LogP contribution >= 0.6 is 0 Å². The van der Waals surface area contributed by atoms with Crippen LogP contribution in [0.1, 0.15) is 28.6 Å². The summed E-state index contributed by atoms with van der Waals surface area (Å²) in [4.78, 5) is 12.0. The van der Waals surface area contributed by atoms with Crippen LogP contribution in [-0.4, -0.2) is 32.6 Å². The van der Waals surface area contributed by atoms with Crippen LogP contribution in [0.15, 0.2) is 51.8 Å². The fraction of sp³-hybridized carbons (Fsp3) is 0.250. The highest BCUT2D eigenvalue weighted by Gasteiger charge is 2.21. The maximum Gasteiger partial charge on any atom is 0.374 e. The summed E-state index contributed by atoms with van der Waals surface area (Å²) >= 11 is 0. The molecule has 1 heterocycles. The van der Waals surface area contributed by atoms with Crippen molar-refractivity contribution in [2.45, 2.75) is 25.2 Å². The van der Waals surface area contributed by atoms with E-state index in [-0.39, 0.29) is 29.6 Å². The number of benzene rings is 2. The van der Waals surface area contributed by atoms with Gasteiger partial charge in [0.1, 0.15) is 11.3 Å². The van der Waals surface area contributed by atoms with Gasteiger partial charge in [-0.3, -0.25) is 0 Å². The molecule has 3 aromatic rings. The van der Waals surface area contributed by atoms with Crippen LogP contribution in [0.5, 0.6) is 5.75 Å². The third-order valence-corrected chi connectivity index (χ3v) is 5.75. The summed E-state index contributed by atoms with van der Waals surface area (Å²) in [5, 5.41) is 10.0. The zero-order valence-corrected chi connectivity index (χ0v) is 16.4. The van der Waals surface area contributed by atoms with Crippen LogP contribution in [0.4, 0.5) is 0 Å². The van der Waals surface area contributed by atoms with E-state index in [4.69, 9.17) is 9.15 Å². The Morgan fingerprint density at radius 1 is 1.21 bits per heavy atom. The third kappa shape index (κ3) is 4.18. The molecule has 0 spiro atoms. The van der Waals surface area contributed by atoms with Crippen LogP contribution in [0.3, 0.4) is 0 Å². The van der Waals surface area contributed by atoms with Gasteiger partial charge in [0.25, 0.3) is 0 Å². The van der Waals surface area contributed by atoms with Gasteiger partial charge in [0.2, 0.25) is 15.8 Å². The van der Waals surface area contributed by atoms with Gasteiger partial charge in [-0.15, -0.1) is 0 Å². The molecule has 1 aromatic heterocycles. The van der Waals surface area contributed by atoms with Crippen molar-refractivity contribution in [3.05, 3.63) is 59.4 Å². The second-order valence-corrected chi connectivity index (χ2v) is 8.02. The highest BCUT2D eigenvalue weighted by atomic mass is 32.2. The molecule has 2 N–H and O–H groups in total. The molecule has 0 aliphatic carbocycles. The van der Waals surface area contributed by atoms with Gasteiger partial charge in [-0.25, -0.2) is 17.9 Å². The van der Waals surface area contributed by atoms with Crippen molar-refractivity contribution in [3.63, 3.8) is 0 Å². The molecule has 0 atom stereocenters. The first-order valence-corrected chi connectivity index (χ1v) is 10.3. The zero-order chi connectivity index (χ0) is 20.3. The number of phenolic OH excluding ortho intramolecular Hbond substituents is 1. The largest absolute Gasteiger partial charge is 0.508 e. The second-order valence-electron chi connectivity index (χ2n) is 6.25. The number of nitrogens with one attached hydrogen (secondary N) is 1. The molecule has 148 valence electrons. The smallest absolute Gasteiger partial charge is 0.374 e. The number of fused-ring (bicyclic) bond motifs is 1. The highest BCUT2D eigenvalue weighted by Crippen LogP contribution is 2.28. The number of hydrogen-bond donors (Lipinski definition) is 2. The van der Waals surface area contributed by atoms with Crippen molar-refractivity contribution >= 4 is 27.0 Å². The molecule has 0 aliphatic heterocycles. The summed E-state index contributed by atoms with van der Waals surface area (Å²) in [5.74, 6) is -0.369. The number of phenols is 1. The van der Waals surface area contributed by atoms with Crippen LogP contribution in [0.2, 0.25) is 0 Å². The van der Waals surface area contributed by atoms with Crippen LogP contribution in [0, 0.1) is 6.92 Å². The Morgan fingerprint density at radius 3 is 2.71 bits per heavy atom. The van der Waals surface area contributed by atoms with E-state index in [0.717, 1.165) is 5.56 Å². The molecule has 8 heteroatoms. The highest BCUT2D eigenvalue weighted by molar-refractivity contribution is 7.89. The molecular weight excluding hydrogens is 382 g/mol. The second kappa shape index (κ2) is 8.04. The normalized spacial score (nSPS) is 11.6. The number of rotatable bonds is 7. The molecule has 0 saturated heterocycles. The number of sulfonamides is 1. The lowest BCUT2D eigenvalue weighted by atomic mass is 10.1. The first-order valence-electron chi connectivity index (χ1n) is 8.79. The molecule has 28 heavy (non-hydrogen) atoms. The Labute approximate surface area is 163 Å². The predicted octanol–water partition coefficient (Wildman–Crippen LogP) is 3.14. The molecule has 0 radical (unpaired) electrons. The molecule has 0 unspecified atom stereocenters. The van der Waals surface area contributed by atoms with E-state index in [0.29, 0.717) is 23.0 Å². The van der Waals surface area contributed by atoms with Crippen molar-refractivity contribution in [1.82, 2.24) is 4.72 Å². The number of carbonyl (C=O) groups is 1. The molecule has 7 nitrogen and oxygen atoms in total. The average molecular weight is 403 g/mol. The molecule has 0 saturated carbocycles. The topological polar surface area (TPSA) is 106 Å². The van der Waals surface area contributed by atoms with Crippen molar-refractivity contribution in [2.75, 3.05) is 13.2 Å². The number of hydrogen-bond acceptors (Lipinski definition) is 6. The van der Waals surface area contributed by atoms with Gasteiger partial charge >= 0.3 is 5.97 Å². The molecular formula is C20H21NO6S. The number of aromatic hydroxyl groups is 1. The first-order chi connectivity index (χ1) is 13.3. The van der Waals surface area contributed by atoms with Gasteiger partial charge < -0.3 is 14.3 Å². The molecule has 0 bridgehead atoms. The number of carbonyl (C=O) groups excluding carboxylic acids is 1. The third-order valence-electron chi connectivity index (χ3n) is 4.30. The van der Waals surface area contributed by atoms with Crippen LogP contribution < -0.4 is 4.72 Å². The lowest BCUT2D eigenvalue weighted by Crippen LogP contribution is -2.25. The molecule has 2 aromatic carbocycles. The maximum atomic E-state index is 12.6. The molecule has 3 rings (SSSR count). The van der Waals surface area contributed by atoms with E-state index < -0.39 is 16.0 Å². The van der Waals surface area contributed by atoms with Gasteiger partial charge in [0.05, 0.1) is 11.5 Å². The summed E-state index contributed by atoms with van der Waals surface area (Å²) in [5.41, 5.74) is 1.77. The minimum atomic E-state index is -3.74. The summed E-state index contributed by atoms with van der Waals surface area (Å²) in [6, 6.07) is 11.1. The summed E-state index contributed by atoms with van der Waals surface area (Å²) in [6.07, 6.45) is 0.438. The lowest BCUT2D eigenvalue weighted by Gasteiger charge is -2.07. The van der Waals surface area contributed by atoms with E-state index in [1.807, 2.05) is 6.07 Å². The minimum Gasteiger partial charge on any atom is -0.508 e. The fourth-order valence-corrected chi connectivity index (χ4v) is 3.94. The first kappa shape index (κ1) is 19.9. The number of furan rings is 1. The van der Waals surface area contributed by atoms with Crippen molar-refractivity contribution in [2.24, 2.45) is 0 Å². The number of ether oxygens (including phenoxy) is 1. The van der Waals surface area contributed by atoms with Crippen molar-refractivity contribution < 1.29 is 27.5 Å². The standard InChI is InChI=1S/C20H21NO6S/c1-3-26-20(23)19-13(2)17-12-16(7-8-18(17)27-19)28(24,25)21-10-9-14-5-4-6-15(22)11-14/h4-8,11-12,21-22H,3,9-10H2,1-2H3. The van der Waals surface area contributed by atoms with Crippen LogP contribution in [0.25, 0.3) is 11.0 Å². The Hall–Kier alpha value is -2.84. The van der Waals surface area contributed by atoms with E-state index in [9.17, 15) is 18.3 Å². The molecule has 0 fully saturated rings. The van der Waals surface area contributed by atoms with Gasteiger partial charge in [-0.05, 0) is 56.2 Å². The van der Waals surface area contributed by atoms with Gasteiger partial charge in [-0.2, -0.15) is 0 Å². The van der Waals surface area contributed by atoms with Gasteiger partial charge in [0.15, 0.2) is 0 Å². The lowest BCUT2D eigenvalue weighted by molar-refractivity contribution is 0.0491. The maximum absolute atomic E-state index is 12.6. The monoisotopic (exact) mass is 403 g/mol. The van der Waals surface area contributed by atoms with Crippen LogP contribution in [-0.2, 0) is 21.2 Å².